The first kappa shape index (κ1) is 25.6. The average Bonchev–Trinajstić information content (AvgIpc) is 3.32. The maximum atomic E-state index is 13.0. The van der Waals surface area contributed by atoms with Gasteiger partial charge < -0.3 is 19.1 Å². The van der Waals surface area contributed by atoms with Gasteiger partial charge in [-0.25, -0.2) is 8.42 Å². The topological polar surface area (TPSA) is 88.6 Å². The molecule has 9 nitrogen and oxygen atoms in total. The Morgan fingerprint density at radius 3 is 2.46 bits per heavy atom. The van der Waals surface area contributed by atoms with Crippen molar-refractivity contribution in [3.63, 3.8) is 0 Å². The smallest absolute Gasteiger partial charge is 0.260 e. The lowest BCUT2D eigenvalue weighted by molar-refractivity contribution is -0.135. The quantitative estimate of drug-likeness (QED) is 0.499. The Morgan fingerprint density at radius 2 is 1.74 bits per heavy atom. The molecule has 35 heavy (non-hydrogen) atoms. The Kier molecular flexibility index (Phi) is 8.05. The van der Waals surface area contributed by atoms with Gasteiger partial charge in [-0.3, -0.25) is 9.69 Å². The van der Waals surface area contributed by atoms with E-state index in [9.17, 15) is 13.2 Å². The van der Waals surface area contributed by atoms with Gasteiger partial charge in [0.05, 0.1) is 0 Å². The van der Waals surface area contributed by atoms with Crippen LogP contribution < -0.4 is 14.2 Å². The zero-order valence-electron chi connectivity index (χ0n) is 19.9. The summed E-state index contributed by atoms with van der Waals surface area (Å²) in [5.41, 5.74) is 1.13. The fourth-order valence-electron chi connectivity index (χ4n) is 4.19. The molecular formula is C24H30ClN3O6S. The number of fused-ring (bicyclic) bond motifs is 1. The molecule has 0 atom stereocenters. The Morgan fingerprint density at radius 1 is 1.03 bits per heavy atom. The minimum Gasteiger partial charge on any atom is -0.482 e. The zero-order chi connectivity index (χ0) is 25.0. The lowest BCUT2D eigenvalue weighted by Gasteiger charge is -2.34. The first-order valence-electron chi connectivity index (χ1n) is 11.6. The second kappa shape index (κ2) is 11.0. The highest BCUT2D eigenvalue weighted by Crippen LogP contribution is 2.33. The van der Waals surface area contributed by atoms with Crippen LogP contribution in [0, 0.1) is 0 Å². The summed E-state index contributed by atoms with van der Waals surface area (Å²) in [5.74, 6) is 1.46. The number of carbonyl (C=O) groups is 1. The summed E-state index contributed by atoms with van der Waals surface area (Å²) in [7, 11) is -3.79. The number of halogens is 1. The lowest BCUT2D eigenvalue weighted by Crippen LogP contribution is -2.49. The summed E-state index contributed by atoms with van der Waals surface area (Å²) in [6.07, 6.45) is 0. The maximum absolute atomic E-state index is 13.0. The van der Waals surface area contributed by atoms with Crippen molar-refractivity contribution in [1.29, 1.82) is 0 Å². The highest BCUT2D eigenvalue weighted by molar-refractivity contribution is 7.89. The molecule has 0 radical (unpaired) electrons. The van der Waals surface area contributed by atoms with E-state index in [1.165, 1.54) is 16.4 Å². The molecule has 0 bridgehead atoms. The van der Waals surface area contributed by atoms with E-state index in [4.69, 9.17) is 25.8 Å². The van der Waals surface area contributed by atoms with E-state index in [1.807, 2.05) is 18.2 Å². The van der Waals surface area contributed by atoms with E-state index in [1.54, 1.807) is 24.8 Å². The van der Waals surface area contributed by atoms with Crippen molar-refractivity contribution in [1.82, 2.24) is 14.1 Å². The van der Waals surface area contributed by atoms with Gasteiger partial charge in [0, 0.05) is 50.8 Å². The van der Waals surface area contributed by atoms with Gasteiger partial charge in [0.15, 0.2) is 18.1 Å². The molecule has 1 amide bonds. The number of rotatable bonds is 9. The van der Waals surface area contributed by atoms with Crippen molar-refractivity contribution >= 4 is 27.5 Å². The Balaban J connectivity index is 1.33. The molecule has 1 saturated heterocycles. The molecule has 0 unspecified atom stereocenters. The van der Waals surface area contributed by atoms with Crippen LogP contribution >= 0.6 is 11.6 Å². The van der Waals surface area contributed by atoms with Gasteiger partial charge in [-0.2, -0.15) is 4.31 Å². The molecular weight excluding hydrogens is 494 g/mol. The number of carbonyl (C=O) groups excluding carboxylic acids is 1. The van der Waals surface area contributed by atoms with E-state index in [0.717, 1.165) is 36.7 Å². The average molecular weight is 524 g/mol. The third-order valence-corrected chi connectivity index (χ3v) is 8.45. The summed E-state index contributed by atoms with van der Waals surface area (Å²) >= 11 is 6.07. The van der Waals surface area contributed by atoms with Gasteiger partial charge in [-0.15, -0.1) is 0 Å². The first-order chi connectivity index (χ1) is 16.8. The lowest BCUT2D eigenvalue weighted by atomic mass is 10.1. The van der Waals surface area contributed by atoms with Gasteiger partial charge in [-0.1, -0.05) is 31.5 Å². The van der Waals surface area contributed by atoms with Crippen molar-refractivity contribution in [3.05, 3.63) is 47.0 Å². The van der Waals surface area contributed by atoms with Crippen LogP contribution in [-0.2, 0) is 21.4 Å². The molecule has 11 heteroatoms. The Hall–Kier alpha value is -2.53. The molecule has 0 aliphatic carbocycles. The minimum absolute atomic E-state index is 0.0324. The van der Waals surface area contributed by atoms with Crippen LogP contribution in [0.1, 0.15) is 19.4 Å². The summed E-state index contributed by atoms with van der Waals surface area (Å²) in [5, 5.41) is 0.285. The number of sulfonamides is 1. The van der Waals surface area contributed by atoms with Crippen molar-refractivity contribution in [2.75, 3.05) is 52.7 Å². The predicted molar refractivity (Wildman–Crippen MR) is 131 cm³/mol. The summed E-state index contributed by atoms with van der Waals surface area (Å²) < 4.78 is 43.9. The van der Waals surface area contributed by atoms with Crippen LogP contribution in [0.25, 0.3) is 0 Å². The van der Waals surface area contributed by atoms with Gasteiger partial charge in [-0.05, 0) is 35.9 Å². The molecule has 0 saturated carbocycles. The number of nitrogens with zero attached hydrogens (tertiary/aromatic N) is 3. The van der Waals surface area contributed by atoms with Crippen molar-refractivity contribution < 1.29 is 27.4 Å². The summed E-state index contributed by atoms with van der Waals surface area (Å²) in [6, 6.07) is 10.3. The van der Waals surface area contributed by atoms with E-state index in [2.05, 4.69) is 4.90 Å². The highest BCUT2D eigenvalue weighted by atomic mass is 35.5. The molecule has 2 aliphatic heterocycles. The number of hydrogen-bond donors (Lipinski definition) is 0. The van der Waals surface area contributed by atoms with Crippen LogP contribution in [-0.4, -0.2) is 81.1 Å². The molecule has 190 valence electrons. The van der Waals surface area contributed by atoms with Crippen molar-refractivity contribution in [2.45, 2.75) is 25.3 Å². The number of hydrogen-bond acceptors (Lipinski definition) is 7. The second-order valence-corrected chi connectivity index (χ2v) is 10.7. The Bertz CT molecular complexity index is 1160. The molecule has 4 rings (SSSR count). The van der Waals surface area contributed by atoms with Gasteiger partial charge in [0.1, 0.15) is 10.6 Å². The largest absolute Gasteiger partial charge is 0.482 e. The molecule has 2 aromatic carbocycles. The van der Waals surface area contributed by atoms with Crippen LogP contribution in [0.3, 0.4) is 0 Å². The predicted octanol–water partition coefficient (Wildman–Crippen LogP) is 2.82. The molecule has 2 aromatic rings. The van der Waals surface area contributed by atoms with E-state index in [-0.39, 0.29) is 35.0 Å². The zero-order valence-corrected chi connectivity index (χ0v) is 21.5. The fraction of sp³-hybridized carbons (Fsp3) is 0.458. The molecule has 0 aromatic heterocycles. The standard InChI is InChI=1S/C24H30ClN3O6S/c1-3-28(4-2)35(30,31)23-14-19(25)6-8-21(23)32-16-24(29)27-11-9-26(10-12-27)15-18-5-7-20-22(13-18)34-17-33-20/h5-8,13-14H,3-4,9-12,15-17H2,1-2H3. The van der Waals surface area contributed by atoms with Gasteiger partial charge >= 0.3 is 0 Å². The van der Waals surface area contributed by atoms with E-state index in [0.29, 0.717) is 26.2 Å². The van der Waals surface area contributed by atoms with Gasteiger partial charge in [0.2, 0.25) is 16.8 Å². The normalized spacial score (nSPS) is 16.1. The highest BCUT2D eigenvalue weighted by Gasteiger charge is 2.27. The monoisotopic (exact) mass is 523 g/mol. The van der Waals surface area contributed by atoms with Crippen molar-refractivity contribution in [2.24, 2.45) is 0 Å². The number of piperazine rings is 1. The number of amides is 1. The summed E-state index contributed by atoms with van der Waals surface area (Å²) in [6.45, 7) is 7.52. The van der Waals surface area contributed by atoms with Crippen LogP contribution in [0.5, 0.6) is 17.2 Å². The maximum Gasteiger partial charge on any atom is 0.260 e. The third-order valence-electron chi connectivity index (χ3n) is 6.15. The van der Waals surface area contributed by atoms with Crippen LogP contribution in [0.2, 0.25) is 5.02 Å². The minimum atomic E-state index is -3.79. The number of ether oxygens (including phenoxy) is 3. The van der Waals surface area contributed by atoms with Crippen LogP contribution in [0.4, 0.5) is 0 Å². The third kappa shape index (κ3) is 5.83. The Labute approximate surface area is 211 Å². The SMILES string of the molecule is CCN(CC)S(=O)(=O)c1cc(Cl)ccc1OCC(=O)N1CCN(Cc2ccc3c(c2)OCO3)CC1. The molecule has 0 N–H and O–H groups in total. The van der Waals surface area contributed by atoms with E-state index >= 15 is 0 Å². The molecule has 1 fully saturated rings. The van der Waals surface area contributed by atoms with Crippen LogP contribution in [0.15, 0.2) is 41.3 Å². The first-order valence-corrected chi connectivity index (χ1v) is 13.4. The fourth-order valence-corrected chi connectivity index (χ4v) is 6.04. The second-order valence-electron chi connectivity index (χ2n) is 8.31. The molecule has 0 spiro atoms. The molecule has 2 heterocycles. The number of benzene rings is 2. The van der Waals surface area contributed by atoms with E-state index < -0.39 is 10.0 Å². The summed E-state index contributed by atoms with van der Waals surface area (Å²) in [4.78, 5) is 16.8. The van der Waals surface area contributed by atoms with Gasteiger partial charge in [0.25, 0.3) is 5.91 Å². The van der Waals surface area contributed by atoms with Crippen molar-refractivity contribution in [3.8, 4) is 17.2 Å². The molecule has 2 aliphatic rings.